The van der Waals surface area contributed by atoms with Crippen LogP contribution in [0.2, 0.25) is 4.34 Å². The normalized spacial score (nSPS) is 22.8. The van der Waals surface area contributed by atoms with Crippen molar-refractivity contribution in [2.45, 2.75) is 24.9 Å². The molecule has 21 heavy (non-hydrogen) atoms. The molecule has 3 rings (SSSR count). The summed E-state index contributed by atoms with van der Waals surface area (Å²) in [6.07, 6.45) is 1.96. The predicted octanol–water partition coefficient (Wildman–Crippen LogP) is 3.99. The molecule has 2 nitrogen and oxygen atoms in total. The van der Waals surface area contributed by atoms with Gasteiger partial charge in [-0.3, -0.25) is 0 Å². The van der Waals surface area contributed by atoms with E-state index >= 15 is 0 Å². The number of aliphatic hydroxyl groups excluding tert-OH is 1. The molecular formula is C16H17ClFNOS. The number of aliphatic hydroxyl groups is 1. The van der Waals surface area contributed by atoms with Crippen molar-refractivity contribution in [1.82, 2.24) is 5.32 Å². The Bertz CT molecular complexity index is 595. The minimum absolute atomic E-state index is 0.0211. The fourth-order valence-corrected chi connectivity index (χ4v) is 3.89. The molecule has 1 saturated carbocycles. The summed E-state index contributed by atoms with van der Waals surface area (Å²) >= 11 is 7.58. The summed E-state index contributed by atoms with van der Waals surface area (Å²) in [5.74, 6) is 0.175. The predicted molar refractivity (Wildman–Crippen MR) is 84.3 cm³/mol. The minimum Gasteiger partial charge on any atom is -0.396 e. The maximum Gasteiger partial charge on any atom is 0.123 e. The van der Waals surface area contributed by atoms with E-state index in [9.17, 15) is 4.39 Å². The average Bonchev–Trinajstić information content (AvgIpc) is 2.85. The van der Waals surface area contributed by atoms with Gasteiger partial charge in [0.05, 0.1) is 10.4 Å². The molecule has 0 bridgehead atoms. The monoisotopic (exact) mass is 325 g/mol. The molecule has 5 heteroatoms. The van der Waals surface area contributed by atoms with Crippen LogP contribution in [0.3, 0.4) is 0 Å². The smallest absolute Gasteiger partial charge is 0.123 e. The number of halogens is 2. The summed E-state index contributed by atoms with van der Waals surface area (Å²) < 4.78 is 13.9. The van der Waals surface area contributed by atoms with Crippen LogP contribution in [0.4, 0.5) is 4.39 Å². The van der Waals surface area contributed by atoms with Gasteiger partial charge in [0.25, 0.3) is 0 Å². The zero-order chi connectivity index (χ0) is 14.8. The van der Waals surface area contributed by atoms with Crippen molar-refractivity contribution in [3.05, 3.63) is 57.0 Å². The van der Waals surface area contributed by atoms with Crippen LogP contribution >= 0.6 is 22.9 Å². The number of hydrogen-bond acceptors (Lipinski definition) is 3. The van der Waals surface area contributed by atoms with Crippen LogP contribution in [-0.2, 0) is 0 Å². The van der Waals surface area contributed by atoms with Gasteiger partial charge in [-0.25, -0.2) is 4.39 Å². The third kappa shape index (κ3) is 3.46. The van der Waals surface area contributed by atoms with Crippen LogP contribution in [0.15, 0.2) is 36.4 Å². The van der Waals surface area contributed by atoms with Gasteiger partial charge in [-0.2, -0.15) is 0 Å². The lowest BCUT2D eigenvalue weighted by atomic mass is 9.80. The van der Waals surface area contributed by atoms with E-state index in [1.807, 2.05) is 24.3 Å². The third-order valence-electron chi connectivity index (χ3n) is 3.98. The van der Waals surface area contributed by atoms with Gasteiger partial charge in [-0.15, -0.1) is 11.3 Å². The summed E-state index contributed by atoms with van der Waals surface area (Å²) in [6.45, 7) is 0.254. The first-order chi connectivity index (χ1) is 10.2. The van der Waals surface area contributed by atoms with Crippen LogP contribution in [-0.4, -0.2) is 17.8 Å². The Hall–Kier alpha value is -0.940. The third-order valence-corrected chi connectivity index (χ3v) is 5.27. The maximum absolute atomic E-state index is 13.1. The summed E-state index contributed by atoms with van der Waals surface area (Å²) in [5, 5.41) is 12.7. The maximum atomic E-state index is 13.1. The van der Waals surface area contributed by atoms with E-state index < -0.39 is 0 Å². The zero-order valence-corrected chi connectivity index (χ0v) is 13.0. The van der Waals surface area contributed by atoms with Crippen molar-refractivity contribution in [3.8, 4) is 0 Å². The van der Waals surface area contributed by atoms with E-state index in [2.05, 4.69) is 5.32 Å². The molecule has 1 aromatic carbocycles. The highest BCUT2D eigenvalue weighted by Gasteiger charge is 2.31. The summed E-state index contributed by atoms with van der Waals surface area (Å²) in [4.78, 5) is 1.12. The molecule has 1 unspecified atom stereocenters. The summed E-state index contributed by atoms with van der Waals surface area (Å²) in [5.41, 5.74) is 1.03. The van der Waals surface area contributed by atoms with Crippen LogP contribution in [0.1, 0.15) is 29.3 Å². The van der Waals surface area contributed by atoms with E-state index in [0.29, 0.717) is 12.0 Å². The second-order valence-corrected chi connectivity index (χ2v) is 7.26. The van der Waals surface area contributed by atoms with Crippen LogP contribution in [0, 0.1) is 11.7 Å². The molecule has 112 valence electrons. The van der Waals surface area contributed by atoms with Crippen molar-refractivity contribution in [1.29, 1.82) is 0 Å². The minimum atomic E-state index is -0.231. The Balaban J connectivity index is 1.79. The molecule has 0 aliphatic heterocycles. The molecule has 0 amide bonds. The van der Waals surface area contributed by atoms with Crippen LogP contribution in [0.5, 0.6) is 0 Å². The first-order valence-electron chi connectivity index (χ1n) is 7.03. The van der Waals surface area contributed by atoms with Gasteiger partial charge in [0.1, 0.15) is 5.82 Å². The van der Waals surface area contributed by atoms with E-state index in [4.69, 9.17) is 16.7 Å². The van der Waals surface area contributed by atoms with E-state index in [1.54, 1.807) is 0 Å². The second kappa shape index (κ2) is 6.44. The molecule has 1 fully saturated rings. The highest BCUT2D eigenvalue weighted by Crippen LogP contribution is 2.35. The van der Waals surface area contributed by atoms with Gasteiger partial charge in [-0.05, 0) is 48.6 Å². The Morgan fingerprint density at radius 1 is 1.24 bits per heavy atom. The van der Waals surface area contributed by atoms with Gasteiger partial charge < -0.3 is 10.4 Å². The summed E-state index contributed by atoms with van der Waals surface area (Å²) in [7, 11) is 0. The van der Waals surface area contributed by atoms with Gasteiger partial charge in [0.15, 0.2) is 0 Å². The number of rotatable bonds is 5. The molecule has 2 N–H and O–H groups in total. The lowest BCUT2D eigenvalue weighted by Crippen LogP contribution is -2.44. The molecule has 1 aliphatic carbocycles. The van der Waals surface area contributed by atoms with Crippen LogP contribution < -0.4 is 5.32 Å². The van der Waals surface area contributed by atoms with Crippen molar-refractivity contribution in [2.24, 2.45) is 5.92 Å². The molecule has 1 heterocycles. The fraction of sp³-hybridized carbons (Fsp3) is 0.375. The SMILES string of the molecule is OCC1CC(NC(c2ccc(F)cc2)c2ccc(Cl)s2)C1. The Kier molecular flexibility index (Phi) is 4.60. The Labute approximate surface area is 132 Å². The number of hydrogen-bond donors (Lipinski definition) is 2. The van der Waals surface area contributed by atoms with Crippen molar-refractivity contribution >= 4 is 22.9 Å². The molecule has 1 atom stereocenters. The largest absolute Gasteiger partial charge is 0.396 e. The molecular weight excluding hydrogens is 309 g/mol. The first kappa shape index (κ1) is 15.0. The quantitative estimate of drug-likeness (QED) is 0.871. The standard InChI is InChI=1S/C16H17ClFNOS/c17-15-6-5-14(21-15)16(11-1-3-12(18)4-2-11)19-13-7-10(8-13)9-20/h1-6,10,13,16,19-20H,7-9H2. The van der Waals surface area contributed by atoms with Gasteiger partial charge in [0, 0.05) is 17.5 Å². The number of benzene rings is 1. The van der Waals surface area contributed by atoms with E-state index in [1.165, 1.54) is 23.5 Å². The summed E-state index contributed by atoms with van der Waals surface area (Å²) in [6, 6.07) is 10.9. The average molecular weight is 326 g/mol. The van der Waals surface area contributed by atoms with Crippen molar-refractivity contribution < 1.29 is 9.50 Å². The molecule has 0 saturated heterocycles. The Morgan fingerprint density at radius 2 is 1.95 bits per heavy atom. The van der Waals surface area contributed by atoms with E-state index in [0.717, 1.165) is 27.6 Å². The first-order valence-corrected chi connectivity index (χ1v) is 8.22. The number of nitrogens with one attached hydrogen (secondary N) is 1. The molecule has 0 spiro atoms. The molecule has 1 aromatic heterocycles. The zero-order valence-electron chi connectivity index (χ0n) is 11.4. The Morgan fingerprint density at radius 3 is 2.52 bits per heavy atom. The van der Waals surface area contributed by atoms with Gasteiger partial charge in [0.2, 0.25) is 0 Å². The highest BCUT2D eigenvalue weighted by atomic mass is 35.5. The molecule has 0 radical (unpaired) electrons. The highest BCUT2D eigenvalue weighted by molar-refractivity contribution is 7.16. The molecule has 2 aromatic rings. The van der Waals surface area contributed by atoms with Crippen LogP contribution in [0.25, 0.3) is 0 Å². The van der Waals surface area contributed by atoms with Crippen molar-refractivity contribution in [3.63, 3.8) is 0 Å². The molecule has 1 aliphatic rings. The lowest BCUT2D eigenvalue weighted by molar-refractivity contribution is 0.123. The van der Waals surface area contributed by atoms with Gasteiger partial charge >= 0.3 is 0 Å². The van der Waals surface area contributed by atoms with Gasteiger partial charge in [-0.1, -0.05) is 23.7 Å². The number of thiophene rings is 1. The lowest BCUT2D eigenvalue weighted by Gasteiger charge is -2.37. The fourth-order valence-electron chi connectivity index (χ4n) is 2.74. The van der Waals surface area contributed by atoms with Crippen molar-refractivity contribution in [2.75, 3.05) is 6.61 Å². The second-order valence-electron chi connectivity index (χ2n) is 5.51. The van der Waals surface area contributed by atoms with E-state index in [-0.39, 0.29) is 18.5 Å². The topological polar surface area (TPSA) is 32.3 Å².